The minimum atomic E-state index is -0.578. The lowest BCUT2D eigenvalue weighted by Gasteiger charge is -2.11. The van der Waals surface area contributed by atoms with Gasteiger partial charge in [0.05, 0.1) is 19.3 Å². The van der Waals surface area contributed by atoms with Gasteiger partial charge in [-0.2, -0.15) is 0 Å². The maximum atomic E-state index is 11.7. The molecule has 0 atom stereocenters. The van der Waals surface area contributed by atoms with E-state index in [1.54, 1.807) is 6.92 Å². The lowest BCUT2D eigenvalue weighted by molar-refractivity contribution is -0.138. The van der Waals surface area contributed by atoms with Gasteiger partial charge in [0.2, 0.25) is 0 Å². The van der Waals surface area contributed by atoms with Crippen molar-refractivity contribution in [2.75, 3.05) is 13.7 Å². The van der Waals surface area contributed by atoms with Crippen molar-refractivity contribution in [2.45, 2.75) is 20.8 Å². The van der Waals surface area contributed by atoms with Crippen LogP contribution >= 0.6 is 0 Å². The summed E-state index contributed by atoms with van der Waals surface area (Å²) in [6, 6.07) is 7.88. The number of rotatable bonds is 6. The highest BCUT2D eigenvalue weighted by Gasteiger charge is 2.17. The molecule has 0 aliphatic rings. The fourth-order valence-corrected chi connectivity index (χ4v) is 1.78. The number of hydrogen-bond donors (Lipinski definition) is 1. The molecule has 0 fully saturated rings. The smallest absolute Gasteiger partial charge is 0.341 e. The molecule has 0 amide bonds. The quantitative estimate of drug-likeness (QED) is 0.288. The summed E-state index contributed by atoms with van der Waals surface area (Å²) in [6.45, 7) is 9.46. The molecule has 0 aliphatic heterocycles. The van der Waals surface area contributed by atoms with E-state index in [9.17, 15) is 4.79 Å². The third-order valence-electron chi connectivity index (χ3n) is 2.99. The molecule has 118 valence electrons. The molecule has 0 bridgehead atoms. The Kier molecular flexibility index (Phi) is 6.38. The molecule has 1 aromatic rings. The van der Waals surface area contributed by atoms with Crippen LogP contribution in [0.15, 0.2) is 53.0 Å². The summed E-state index contributed by atoms with van der Waals surface area (Å²) in [7, 11) is 1.41. The SMILES string of the molecule is C=C(C(=O)OCC)/C(OC)=C(N)\N=C(/C)c1ccc(C)cc1. The molecule has 1 rings (SSSR count). The number of methoxy groups -OCH3 is 1. The average Bonchev–Trinajstić information content (AvgIpc) is 2.48. The van der Waals surface area contributed by atoms with Crippen molar-refractivity contribution >= 4 is 11.7 Å². The van der Waals surface area contributed by atoms with Crippen LogP contribution in [-0.2, 0) is 14.3 Å². The lowest BCUT2D eigenvalue weighted by Crippen LogP contribution is -2.14. The summed E-state index contributed by atoms with van der Waals surface area (Å²) in [5.41, 5.74) is 8.78. The number of ether oxygens (including phenoxy) is 2. The number of esters is 1. The van der Waals surface area contributed by atoms with Gasteiger partial charge in [0, 0.05) is 5.71 Å². The number of aryl methyl sites for hydroxylation is 1. The van der Waals surface area contributed by atoms with Gasteiger partial charge in [-0.05, 0) is 26.3 Å². The standard InChI is InChI=1S/C17H22N2O3/c1-6-22-17(20)12(3)15(21-5)16(18)19-13(4)14-9-7-11(2)8-10-14/h7-10H,3,6,18H2,1-2,4-5H3/b16-15+,19-13+. The molecule has 0 spiro atoms. The summed E-state index contributed by atoms with van der Waals surface area (Å²) in [5, 5.41) is 0. The maximum Gasteiger partial charge on any atom is 0.341 e. The van der Waals surface area contributed by atoms with Gasteiger partial charge in [-0.25, -0.2) is 9.79 Å². The summed E-state index contributed by atoms with van der Waals surface area (Å²) in [4.78, 5) is 16.0. The zero-order chi connectivity index (χ0) is 16.7. The predicted molar refractivity (Wildman–Crippen MR) is 87.4 cm³/mol. The molecule has 0 saturated heterocycles. The molecule has 0 aliphatic carbocycles. The van der Waals surface area contributed by atoms with Gasteiger partial charge < -0.3 is 15.2 Å². The molecule has 0 radical (unpaired) electrons. The second-order valence-corrected chi connectivity index (χ2v) is 4.68. The van der Waals surface area contributed by atoms with Crippen LogP contribution in [0.2, 0.25) is 0 Å². The topological polar surface area (TPSA) is 73.9 Å². The van der Waals surface area contributed by atoms with Crippen molar-refractivity contribution in [3.05, 3.63) is 59.1 Å². The number of hydrogen-bond acceptors (Lipinski definition) is 5. The average molecular weight is 302 g/mol. The Morgan fingerprint density at radius 2 is 1.91 bits per heavy atom. The highest BCUT2D eigenvalue weighted by molar-refractivity contribution is 5.99. The number of benzene rings is 1. The highest BCUT2D eigenvalue weighted by atomic mass is 16.5. The Labute approximate surface area is 131 Å². The van der Waals surface area contributed by atoms with Crippen LogP contribution in [-0.4, -0.2) is 25.4 Å². The Balaban J connectivity index is 3.10. The Morgan fingerprint density at radius 1 is 1.32 bits per heavy atom. The summed E-state index contributed by atoms with van der Waals surface area (Å²) in [5.74, 6) is -0.381. The van der Waals surface area contributed by atoms with Gasteiger partial charge in [-0.3, -0.25) is 0 Å². The first-order valence-corrected chi connectivity index (χ1v) is 6.93. The van der Waals surface area contributed by atoms with E-state index in [0.29, 0.717) is 5.71 Å². The van der Waals surface area contributed by atoms with Crippen LogP contribution in [0.4, 0.5) is 0 Å². The fourth-order valence-electron chi connectivity index (χ4n) is 1.78. The minimum Gasteiger partial charge on any atom is -0.492 e. The molecule has 2 N–H and O–H groups in total. The van der Waals surface area contributed by atoms with Crippen LogP contribution in [0, 0.1) is 6.92 Å². The zero-order valence-electron chi connectivity index (χ0n) is 13.5. The molecule has 0 unspecified atom stereocenters. The summed E-state index contributed by atoms with van der Waals surface area (Å²) in [6.07, 6.45) is 0. The van der Waals surface area contributed by atoms with Crippen molar-refractivity contribution < 1.29 is 14.3 Å². The van der Waals surface area contributed by atoms with Crippen LogP contribution in [0.5, 0.6) is 0 Å². The fraction of sp³-hybridized carbons (Fsp3) is 0.294. The molecule has 0 heterocycles. The van der Waals surface area contributed by atoms with Gasteiger partial charge in [0.25, 0.3) is 0 Å². The summed E-state index contributed by atoms with van der Waals surface area (Å²) < 4.78 is 10.0. The van der Waals surface area contributed by atoms with Gasteiger partial charge in [-0.15, -0.1) is 0 Å². The second-order valence-electron chi connectivity index (χ2n) is 4.68. The zero-order valence-corrected chi connectivity index (χ0v) is 13.5. The predicted octanol–water partition coefficient (Wildman–Crippen LogP) is 2.70. The summed E-state index contributed by atoms with van der Waals surface area (Å²) >= 11 is 0. The Bertz CT molecular complexity index is 613. The molecule has 22 heavy (non-hydrogen) atoms. The van der Waals surface area contributed by atoms with Crippen molar-refractivity contribution in [3.63, 3.8) is 0 Å². The molecule has 5 heteroatoms. The molecule has 0 aromatic heterocycles. The van der Waals surface area contributed by atoms with Crippen LogP contribution in [0.3, 0.4) is 0 Å². The second kappa shape index (κ2) is 8.02. The highest BCUT2D eigenvalue weighted by Crippen LogP contribution is 2.15. The van der Waals surface area contributed by atoms with Crippen LogP contribution in [0.1, 0.15) is 25.0 Å². The van der Waals surface area contributed by atoms with Crippen molar-refractivity contribution in [1.82, 2.24) is 0 Å². The Morgan fingerprint density at radius 3 is 2.41 bits per heavy atom. The monoisotopic (exact) mass is 302 g/mol. The van der Waals surface area contributed by atoms with E-state index in [2.05, 4.69) is 11.6 Å². The van der Waals surface area contributed by atoms with Gasteiger partial charge in [0.1, 0.15) is 0 Å². The van der Waals surface area contributed by atoms with E-state index in [1.165, 1.54) is 7.11 Å². The molecule has 1 aromatic carbocycles. The number of aliphatic imine (C=N–C) groups is 1. The number of carbonyl (C=O) groups is 1. The number of carbonyl (C=O) groups excluding carboxylic acids is 1. The van der Waals surface area contributed by atoms with E-state index in [1.807, 2.05) is 38.1 Å². The molecule has 5 nitrogen and oxygen atoms in total. The first-order chi connectivity index (χ1) is 10.4. The third kappa shape index (κ3) is 4.48. The van der Waals surface area contributed by atoms with E-state index in [-0.39, 0.29) is 23.8 Å². The normalized spacial score (nSPS) is 12.5. The first-order valence-electron chi connectivity index (χ1n) is 6.93. The van der Waals surface area contributed by atoms with Crippen molar-refractivity contribution in [1.29, 1.82) is 0 Å². The van der Waals surface area contributed by atoms with Crippen LogP contribution in [0.25, 0.3) is 0 Å². The maximum absolute atomic E-state index is 11.7. The molecular formula is C17H22N2O3. The third-order valence-corrected chi connectivity index (χ3v) is 2.99. The lowest BCUT2D eigenvalue weighted by atomic mass is 10.1. The molecular weight excluding hydrogens is 280 g/mol. The number of nitrogens with two attached hydrogens (primary N) is 1. The number of nitrogens with zero attached hydrogens (tertiary/aromatic N) is 1. The van der Waals surface area contributed by atoms with E-state index >= 15 is 0 Å². The van der Waals surface area contributed by atoms with Gasteiger partial charge >= 0.3 is 5.97 Å². The van der Waals surface area contributed by atoms with Gasteiger partial charge in [0.15, 0.2) is 11.6 Å². The van der Waals surface area contributed by atoms with E-state index in [4.69, 9.17) is 15.2 Å². The molecule has 0 saturated carbocycles. The van der Waals surface area contributed by atoms with Crippen LogP contribution < -0.4 is 5.73 Å². The van der Waals surface area contributed by atoms with Gasteiger partial charge in [-0.1, -0.05) is 36.4 Å². The van der Waals surface area contributed by atoms with Crippen molar-refractivity contribution in [2.24, 2.45) is 10.7 Å². The first kappa shape index (κ1) is 17.5. The Hall–Kier alpha value is -2.56. The van der Waals surface area contributed by atoms with Crippen molar-refractivity contribution in [3.8, 4) is 0 Å². The van der Waals surface area contributed by atoms with E-state index in [0.717, 1.165) is 11.1 Å². The van der Waals surface area contributed by atoms with E-state index < -0.39 is 5.97 Å². The largest absolute Gasteiger partial charge is 0.492 e. The minimum absolute atomic E-state index is 0.0438.